The highest BCUT2D eigenvalue weighted by molar-refractivity contribution is 5.88. The molecule has 156 valence electrons. The second-order valence-corrected chi connectivity index (χ2v) is 7.17. The molecule has 0 saturated carbocycles. The molecule has 0 aromatic heterocycles. The second-order valence-electron chi connectivity index (χ2n) is 7.17. The van der Waals surface area contributed by atoms with Crippen molar-refractivity contribution in [2.45, 2.75) is 52.2 Å². The summed E-state index contributed by atoms with van der Waals surface area (Å²) < 4.78 is 18.4. The van der Waals surface area contributed by atoms with Gasteiger partial charge in [0.2, 0.25) is 11.8 Å². The van der Waals surface area contributed by atoms with Crippen molar-refractivity contribution in [1.82, 2.24) is 10.2 Å². The number of nitrogens with zero attached hydrogens (tertiary/aromatic N) is 1. The van der Waals surface area contributed by atoms with Crippen molar-refractivity contribution in [3.05, 3.63) is 65.5 Å². The van der Waals surface area contributed by atoms with Gasteiger partial charge in [-0.2, -0.15) is 0 Å². The zero-order valence-electron chi connectivity index (χ0n) is 17.4. The largest absolute Gasteiger partial charge is 0.497 e. The predicted molar refractivity (Wildman–Crippen MR) is 111 cm³/mol. The molecule has 0 aliphatic rings. The Kier molecular flexibility index (Phi) is 8.19. The molecule has 1 N–H and O–H groups in total. The molecular formula is C23H29FN2O3. The number of ether oxygens (including phenoxy) is 1. The standard InChI is InChI=1S/C23H29FN2O3/c1-5-16(2)25-23(28)17(3)26(15-19-6-10-20(24)11-7-19)22(27)14-18-8-12-21(29-4)13-9-18/h6-13,16-17H,5,14-15H2,1-4H3,(H,25,28)/t16-,17+/m0/s1. The third kappa shape index (κ3) is 6.59. The summed E-state index contributed by atoms with van der Waals surface area (Å²) in [5.74, 6) is -0.00563. The number of hydrogen-bond donors (Lipinski definition) is 1. The SMILES string of the molecule is CC[C@H](C)NC(=O)[C@@H](C)N(Cc1ccc(F)cc1)C(=O)Cc1ccc(OC)cc1. The quantitative estimate of drug-likeness (QED) is 0.698. The minimum atomic E-state index is -0.653. The molecule has 0 radical (unpaired) electrons. The summed E-state index contributed by atoms with van der Waals surface area (Å²) in [6.45, 7) is 5.85. The number of halogens is 1. The van der Waals surface area contributed by atoms with Gasteiger partial charge in [-0.1, -0.05) is 31.2 Å². The van der Waals surface area contributed by atoms with Crippen LogP contribution in [0.3, 0.4) is 0 Å². The molecule has 0 bridgehead atoms. The van der Waals surface area contributed by atoms with Crippen LogP contribution in [0.4, 0.5) is 4.39 Å². The van der Waals surface area contributed by atoms with Gasteiger partial charge in [-0.15, -0.1) is 0 Å². The third-order valence-corrected chi connectivity index (χ3v) is 4.95. The van der Waals surface area contributed by atoms with Crippen LogP contribution in [0.1, 0.15) is 38.3 Å². The summed E-state index contributed by atoms with van der Waals surface area (Å²) >= 11 is 0. The van der Waals surface area contributed by atoms with Crippen molar-refractivity contribution in [3.63, 3.8) is 0 Å². The van der Waals surface area contributed by atoms with Crippen LogP contribution in [0, 0.1) is 5.82 Å². The number of nitrogens with one attached hydrogen (secondary N) is 1. The number of benzene rings is 2. The van der Waals surface area contributed by atoms with Crippen molar-refractivity contribution < 1.29 is 18.7 Å². The van der Waals surface area contributed by atoms with Gasteiger partial charge in [-0.05, 0) is 55.7 Å². The Labute approximate surface area is 171 Å². The van der Waals surface area contributed by atoms with Gasteiger partial charge in [0, 0.05) is 12.6 Å². The normalized spacial score (nSPS) is 12.7. The molecule has 5 nitrogen and oxygen atoms in total. The topological polar surface area (TPSA) is 58.6 Å². The number of methoxy groups -OCH3 is 1. The number of hydrogen-bond acceptors (Lipinski definition) is 3. The molecule has 2 rings (SSSR count). The Morgan fingerprint density at radius 2 is 1.62 bits per heavy atom. The van der Waals surface area contributed by atoms with Crippen LogP contribution in [-0.2, 0) is 22.6 Å². The predicted octanol–water partition coefficient (Wildman–Crippen LogP) is 3.71. The van der Waals surface area contributed by atoms with Gasteiger partial charge in [0.15, 0.2) is 0 Å². The molecule has 2 aromatic rings. The summed E-state index contributed by atoms with van der Waals surface area (Å²) in [5, 5.41) is 2.93. The molecule has 6 heteroatoms. The van der Waals surface area contributed by atoms with Gasteiger partial charge < -0.3 is 15.0 Å². The average Bonchev–Trinajstić information content (AvgIpc) is 2.73. The van der Waals surface area contributed by atoms with Gasteiger partial charge in [-0.3, -0.25) is 9.59 Å². The number of rotatable bonds is 9. The first kappa shape index (κ1) is 22.4. The smallest absolute Gasteiger partial charge is 0.242 e. The number of carbonyl (C=O) groups is 2. The highest BCUT2D eigenvalue weighted by Crippen LogP contribution is 2.16. The van der Waals surface area contributed by atoms with Crippen LogP contribution < -0.4 is 10.1 Å². The van der Waals surface area contributed by atoms with E-state index in [0.29, 0.717) is 5.75 Å². The van der Waals surface area contributed by atoms with E-state index < -0.39 is 6.04 Å². The van der Waals surface area contributed by atoms with E-state index in [0.717, 1.165) is 17.5 Å². The molecule has 0 fully saturated rings. The molecule has 0 unspecified atom stereocenters. The summed E-state index contributed by atoms with van der Waals surface area (Å²) in [7, 11) is 1.59. The van der Waals surface area contributed by atoms with E-state index in [1.54, 1.807) is 38.3 Å². The van der Waals surface area contributed by atoms with Gasteiger partial charge in [0.05, 0.1) is 13.5 Å². The van der Waals surface area contributed by atoms with Crippen molar-refractivity contribution in [1.29, 1.82) is 0 Å². The fraction of sp³-hybridized carbons (Fsp3) is 0.391. The first-order valence-corrected chi connectivity index (χ1v) is 9.81. The van der Waals surface area contributed by atoms with Crippen molar-refractivity contribution in [2.75, 3.05) is 7.11 Å². The highest BCUT2D eigenvalue weighted by atomic mass is 19.1. The summed E-state index contributed by atoms with van der Waals surface area (Å²) in [5.41, 5.74) is 1.59. The lowest BCUT2D eigenvalue weighted by Crippen LogP contribution is -2.49. The molecule has 0 aliphatic carbocycles. The van der Waals surface area contributed by atoms with E-state index in [1.807, 2.05) is 26.0 Å². The second kappa shape index (κ2) is 10.6. The van der Waals surface area contributed by atoms with Crippen LogP contribution in [-0.4, -0.2) is 35.9 Å². The van der Waals surface area contributed by atoms with Crippen LogP contribution in [0.5, 0.6) is 5.75 Å². The maximum atomic E-state index is 13.2. The number of amides is 2. The summed E-state index contributed by atoms with van der Waals surface area (Å²) in [6, 6.07) is 12.6. The van der Waals surface area contributed by atoms with Gasteiger partial charge in [-0.25, -0.2) is 4.39 Å². The molecule has 0 saturated heterocycles. The molecule has 2 atom stereocenters. The Hall–Kier alpha value is -2.89. The van der Waals surface area contributed by atoms with E-state index in [2.05, 4.69) is 5.32 Å². The van der Waals surface area contributed by atoms with Crippen molar-refractivity contribution >= 4 is 11.8 Å². The third-order valence-electron chi connectivity index (χ3n) is 4.95. The van der Waals surface area contributed by atoms with E-state index in [9.17, 15) is 14.0 Å². The molecule has 0 aliphatic heterocycles. The minimum Gasteiger partial charge on any atom is -0.497 e. The summed E-state index contributed by atoms with van der Waals surface area (Å²) in [6.07, 6.45) is 0.961. The first-order valence-electron chi connectivity index (χ1n) is 9.81. The Morgan fingerprint density at radius 1 is 1.03 bits per heavy atom. The molecular weight excluding hydrogens is 371 g/mol. The van der Waals surface area contributed by atoms with E-state index >= 15 is 0 Å². The molecule has 2 amide bonds. The molecule has 0 spiro atoms. The van der Waals surface area contributed by atoms with Crippen LogP contribution in [0.2, 0.25) is 0 Å². The Bertz CT molecular complexity index is 806. The van der Waals surface area contributed by atoms with Crippen molar-refractivity contribution in [2.24, 2.45) is 0 Å². The average molecular weight is 400 g/mol. The monoisotopic (exact) mass is 400 g/mol. The lowest BCUT2D eigenvalue weighted by atomic mass is 10.1. The van der Waals surface area contributed by atoms with Gasteiger partial charge in [0.1, 0.15) is 17.6 Å². The van der Waals surface area contributed by atoms with E-state index in [4.69, 9.17) is 4.74 Å². The molecule has 0 heterocycles. The minimum absolute atomic E-state index is 0.0225. The maximum Gasteiger partial charge on any atom is 0.242 e. The van der Waals surface area contributed by atoms with Gasteiger partial charge in [0.25, 0.3) is 0 Å². The lowest BCUT2D eigenvalue weighted by molar-refractivity contribution is -0.140. The first-order chi connectivity index (χ1) is 13.8. The number of carbonyl (C=O) groups excluding carboxylic acids is 2. The van der Waals surface area contributed by atoms with Crippen LogP contribution >= 0.6 is 0 Å². The summed E-state index contributed by atoms with van der Waals surface area (Å²) in [4.78, 5) is 27.3. The molecule has 29 heavy (non-hydrogen) atoms. The zero-order chi connectivity index (χ0) is 21.4. The van der Waals surface area contributed by atoms with E-state index in [1.165, 1.54) is 17.0 Å². The Morgan fingerprint density at radius 3 is 2.17 bits per heavy atom. The van der Waals surface area contributed by atoms with Crippen molar-refractivity contribution in [3.8, 4) is 5.75 Å². The fourth-order valence-corrected chi connectivity index (χ4v) is 2.85. The lowest BCUT2D eigenvalue weighted by Gasteiger charge is -2.30. The molecule has 2 aromatic carbocycles. The van der Waals surface area contributed by atoms with Gasteiger partial charge >= 0.3 is 0 Å². The Balaban J connectivity index is 2.20. The van der Waals surface area contributed by atoms with Crippen LogP contribution in [0.15, 0.2) is 48.5 Å². The maximum absolute atomic E-state index is 13.2. The zero-order valence-corrected chi connectivity index (χ0v) is 17.4. The fourth-order valence-electron chi connectivity index (χ4n) is 2.85. The van der Waals surface area contributed by atoms with Crippen LogP contribution in [0.25, 0.3) is 0 Å². The van der Waals surface area contributed by atoms with E-state index in [-0.39, 0.29) is 36.6 Å². The highest BCUT2D eigenvalue weighted by Gasteiger charge is 2.26.